The Morgan fingerprint density at radius 1 is 1.77 bits per heavy atom. The number of hydrogen-bond donors (Lipinski definition) is 2. The Bertz CT molecular complexity index is 262. The number of nitrogens with two attached hydrogens (primary N) is 1. The highest BCUT2D eigenvalue weighted by Gasteiger charge is 2.26. The first kappa shape index (κ1) is 9.50. The second kappa shape index (κ2) is 3.88. The number of rotatable bonds is 3. The van der Waals surface area contributed by atoms with E-state index in [0.717, 1.165) is 0 Å². The lowest BCUT2D eigenvalue weighted by molar-refractivity contribution is -0.127. The molecule has 1 aliphatic heterocycles. The molecule has 1 atom stereocenters. The SMILES string of the molecule is CNC(=O)CC1=NOC(C(N)=O)C1. The fourth-order valence-corrected chi connectivity index (χ4v) is 0.957. The first-order valence-corrected chi connectivity index (χ1v) is 3.85. The van der Waals surface area contributed by atoms with Crippen molar-refractivity contribution in [1.29, 1.82) is 0 Å². The third-order valence-electron chi connectivity index (χ3n) is 1.69. The highest BCUT2D eigenvalue weighted by molar-refractivity contribution is 6.03. The van der Waals surface area contributed by atoms with Gasteiger partial charge < -0.3 is 15.9 Å². The molecule has 1 heterocycles. The molecule has 1 aliphatic rings. The lowest BCUT2D eigenvalue weighted by atomic mass is 10.1. The highest BCUT2D eigenvalue weighted by Crippen LogP contribution is 2.11. The maximum absolute atomic E-state index is 10.9. The van der Waals surface area contributed by atoms with Crippen molar-refractivity contribution in [2.45, 2.75) is 18.9 Å². The van der Waals surface area contributed by atoms with E-state index in [-0.39, 0.29) is 12.3 Å². The van der Waals surface area contributed by atoms with E-state index in [0.29, 0.717) is 12.1 Å². The molecule has 1 unspecified atom stereocenters. The monoisotopic (exact) mass is 185 g/mol. The number of hydrogen-bond acceptors (Lipinski definition) is 4. The maximum atomic E-state index is 10.9. The quantitative estimate of drug-likeness (QED) is 0.575. The number of oxime groups is 1. The minimum absolute atomic E-state index is 0.153. The van der Waals surface area contributed by atoms with Gasteiger partial charge in [-0.1, -0.05) is 5.16 Å². The average molecular weight is 185 g/mol. The molecule has 1 rings (SSSR count). The molecule has 72 valence electrons. The summed E-state index contributed by atoms with van der Waals surface area (Å²) in [5, 5.41) is 6.03. The molecule has 6 heteroatoms. The lowest BCUT2D eigenvalue weighted by Crippen LogP contribution is -2.29. The van der Waals surface area contributed by atoms with Crippen LogP contribution in [0.2, 0.25) is 0 Å². The molecule has 13 heavy (non-hydrogen) atoms. The first-order chi connectivity index (χ1) is 6.13. The van der Waals surface area contributed by atoms with Gasteiger partial charge in [-0.05, 0) is 0 Å². The number of nitrogens with zero attached hydrogens (tertiary/aromatic N) is 1. The predicted molar refractivity (Wildman–Crippen MR) is 44.8 cm³/mol. The Hall–Kier alpha value is -1.59. The molecule has 0 fully saturated rings. The molecule has 0 saturated carbocycles. The smallest absolute Gasteiger partial charge is 0.261 e. The van der Waals surface area contributed by atoms with Gasteiger partial charge in [0.1, 0.15) is 0 Å². The first-order valence-electron chi connectivity index (χ1n) is 3.85. The number of amides is 2. The summed E-state index contributed by atoms with van der Waals surface area (Å²) in [4.78, 5) is 26.2. The zero-order valence-corrected chi connectivity index (χ0v) is 7.24. The number of carbonyl (C=O) groups is 2. The van der Waals surface area contributed by atoms with Gasteiger partial charge in [0.05, 0.1) is 12.1 Å². The summed E-state index contributed by atoms with van der Waals surface area (Å²) in [6.07, 6.45) is -0.247. The molecule has 6 nitrogen and oxygen atoms in total. The summed E-state index contributed by atoms with van der Waals surface area (Å²) in [7, 11) is 1.53. The van der Waals surface area contributed by atoms with Crippen LogP contribution in [-0.2, 0) is 14.4 Å². The van der Waals surface area contributed by atoms with Crippen molar-refractivity contribution in [3.8, 4) is 0 Å². The summed E-state index contributed by atoms with van der Waals surface area (Å²) in [5.41, 5.74) is 5.53. The third-order valence-corrected chi connectivity index (χ3v) is 1.69. The van der Waals surface area contributed by atoms with Crippen molar-refractivity contribution in [1.82, 2.24) is 5.32 Å². The van der Waals surface area contributed by atoms with Crippen LogP contribution in [0.15, 0.2) is 5.16 Å². The van der Waals surface area contributed by atoms with Crippen molar-refractivity contribution in [2.75, 3.05) is 7.05 Å². The van der Waals surface area contributed by atoms with Gasteiger partial charge in [0.15, 0.2) is 0 Å². The largest absolute Gasteiger partial charge is 0.382 e. The van der Waals surface area contributed by atoms with Crippen molar-refractivity contribution in [3.63, 3.8) is 0 Å². The van der Waals surface area contributed by atoms with Crippen molar-refractivity contribution >= 4 is 17.5 Å². The van der Waals surface area contributed by atoms with Gasteiger partial charge in [-0.25, -0.2) is 0 Å². The van der Waals surface area contributed by atoms with Crippen LogP contribution in [0.4, 0.5) is 0 Å². The lowest BCUT2D eigenvalue weighted by Gasteiger charge is -2.00. The molecule has 0 bridgehead atoms. The Morgan fingerprint density at radius 3 is 2.92 bits per heavy atom. The zero-order chi connectivity index (χ0) is 9.84. The molecule has 0 radical (unpaired) electrons. The topological polar surface area (TPSA) is 93.8 Å². The van der Waals surface area contributed by atoms with Gasteiger partial charge in [0.25, 0.3) is 5.91 Å². The van der Waals surface area contributed by atoms with E-state index in [2.05, 4.69) is 10.5 Å². The van der Waals surface area contributed by atoms with Crippen molar-refractivity contribution in [2.24, 2.45) is 10.9 Å². The third kappa shape index (κ3) is 2.43. The van der Waals surface area contributed by atoms with Gasteiger partial charge in [0, 0.05) is 13.5 Å². The van der Waals surface area contributed by atoms with E-state index in [1.165, 1.54) is 7.05 Å². The molecule has 0 aliphatic carbocycles. The van der Waals surface area contributed by atoms with Crippen LogP contribution in [0.3, 0.4) is 0 Å². The van der Waals surface area contributed by atoms with Gasteiger partial charge >= 0.3 is 0 Å². The Labute approximate surface area is 75.1 Å². The van der Waals surface area contributed by atoms with Gasteiger partial charge in [0.2, 0.25) is 12.0 Å². The van der Waals surface area contributed by atoms with E-state index < -0.39 is 12.0 Å². The maximum Gasteiger partial charge on any atom is 0.261 e. The highest BCUT2D eigenvalue weighted by atomic mass is 16.6. The summed E-state index contributed by atoms with van der Waals surface area (Å²) < 4.78 is 0. The Morgan fingerprint density at radius 2 is 2.46 bits per heavy atom. The van der Waals surface area contributed by atoms with E-state index in [1.54, 1.807) is 0 Å². The minimum Gasteiger partial charge on any atom is -0.382 e. The van der Waals surface area contributed by atoms with Crippen LogP contribution in [0.5, 0.6) is 0 Å². The van der Waals surface area contributed by atoms with E-state index in [4.69, 9.17) is 10.6 Å². The molecule has 0 aromatic rings. The molecule has 0 aromatic heterocycles. The van der Waals surface area contributed by atoms with Gasteiger partial charge in [-0.2, -0.15) is 0 Å². The second-order valence-electron chi connectivity index (χ2n) is 2.71. The van der Waals surface area contributed by atoms with Gasteiger partial charge in [-0.3, -0.25) is 9.59 Å². The molecule has 3 N–H and O–H groups in total. The Balaban J connectivity index is 2.40. The second-order valence-corrected chi connectivity index (χ2v) is 2.71. The molecular formula is C7H11N3O3. The van der Waals surface area contributed by atoms with E-state index in [9.17, 15) is 9.59 Å². The van der Waals surface area contributed by atoms with Crippen molar-refractivity contribution in [3.05, 3.63) is 0 Å². The predicted octanol–water partition coefficient (Wildman–Crippen LogP) is -1.25. The molecule has 0 spiro atoms. The fraction of sp³-hybridized carbons (Fsp3) is 0.571. The van der Waals surface area contributed by atoms with Crippen LogP contribution in [0, 0.1) is 0 Å². The summed E-state index contributed by atoms with van der Waals surface area (Å²) in [5.74, 6) is -0.719. The van der Waals surface area contributed by atoms with Crippen LogP contribution in [-0.4, -0.2) is 30.7 Å². The number of carbonyl (C=O) groups excluding carboxylic acids is 2. The van der Waals surface area contributed by atoms with Crippen LogP contribution in [0.25, 0.3) is 0 Å². The van der Waals surface area contributed by atoms with E-state index >= 15 is 0 Å². The van der Waals surface area contributed by atoms with E-state index in [1.807, 2.05) is 0 Å². The standard InChI is InChI=1S/C7H11N3O3/c1-9-6(11)3-4-2-5(7(8)12)13-10-4/h5H,2-3H2,1H3,(H2,8,12)(H,9,11). The Kier molecular flexibility index (Phi) is 2.84. The molecule has 0 aromatic carbocycles. The summed E-state index contributed by atoms with van der Waals surface area (Å²) in [6, 6.07) is 0. The van der Waals surface area contributed by atoms with Crippen LogP contribution >= 0.6 is 0 Å². The zero-order valence-electron chi connectivity index (χ0n) is 7.24. The molecule has 2 amide bonds. The van der Waals surface area contributed by atoms with Crippen LogP contribution < -0.4 is 11.1 Å². The molecular weight excluding hydrogens is 174 g/mol. The number of primary amides is 1. The van der Waals surface area contributed by atoms with Crippen LogP contribution in [0.1, 0.15) is 12.8 Å². The molecule has 0 saturated heterocycles. The van der Waals surface area contributed by atoms with Gasteiger partial charge in [-0.15, -0.1) is 0 Å². The normalized spacial score (nSPS) is 20.4. The minimum atomic E-state index is -0.709. The average Bonchev–Trinajstić information content (AvgIpc) is 2.52. The van der Waals surface area contributed by atoms with Crippen molar-refractivity contribution < 1.29 is 14.4 Å². The number of nitrogens with one attached hydrogen (secondary N) is 1. The fourth-order valence-electron chi connectivity index (χ4n) is 0.957. The summed E-state index contributed by atoms with van der Waals surface area (Å²) in [6.45, 7) is 0. The summed E-state index contributed by atoms with van der Waals surface area (Å²) >= 11 is 0.